The normalized spacial score (nSPS) is 13.4. The quantitative estimate of drug-likeness (QED) is 0.0262. The predicted molar refractivity (Wildman–Crippen MR) is 297 cm³/mol. The van der Waals surface area contributed by atoms with Gasteiger partial charge in [-0.2, -0.15) is 0 Å². The van der Waals surface area contributed by atoms with E-state index in [1.54, 1.807) is 0 Å². The second-order valence-corrected chi connectivity index (χ2v) is 17.0. The Kier molecular flexibility index (Phi) is 51.6. The highest BCUT2D eigenvalue weighted by Gasteiger charge is 2.19. The van der Waals surface area contributed by atoms with Crippen molar-refractivity contribution >= 4 is 17.9 Å². The zero-order valence-corrected chi connectivity index (χ0v) is 43.8. The van der Waals surface area contributed by atoms with Crippen molar-refractivity contribution in [3.8, 4) is 0 Å². The van der Waals surface area contributed by atoms with E-state index in [2.05, 4.69) is 167 Å². The van der Waals surface area contributed by atoms with Crippen molar-refractivity contribution in [1.29, 1.82) is 0 Å². The number of allylic oxidation sites excluding steroid dienone is 26. The van der Waals surface area contributed by atoms with Crippen LogP contribution in [0.25, 0.3) is 0 Å². The molecule has 1 atom stereocenters. The zero-order valence-electron chi connectivity index (χ0n) is 43.8. The third-order valence-electron chi connectivity index (χ3n) is 10.5. The Bertz CT molecular complexity index is 1610. The Morgan fingerprint density at radius 1 is 0.304 bits per heavy atom. The topological polar surface area (TPSA) is 78.9 Å². The van der Waals surface area contributed by atoms with Gasteiger partial charge < -0.3 is 14.2 Å². The molecule has 0 aliphatic rings. The van der Waals surface area contributed by atoms with Gasteiger partial charge in [-0.05, 0) is 128 Å². The van der Waals surface area contributed by atoms with Crippen LogP contribution in [0.1, 0.15) is 201 Å². The summed E-state index contributed by atoms with van der Waals surface area (Å²) in [6, 6.07) is 0. The van der Waals surface area contributed by atoms with Gasteiger partial charge in [-0.25, -0.2) is 0 Å². The predicted octanol–water partition coefficient (Wildman–Crippen LogP) is 18.2. The van der Waals surface area contributed by atoms with Crippen LogP contribution in [-0.4, -0.2) is 37.2 Å². The molecule has 0 aromatic heterocycles. The smallest absolute Gasteiger partial charge is 0.306 e. The van der Waals surface area contributed by atoms with Crippen molar-refractivity contribution in [2.24, 2.45) is 0 Å². The lowest BCUT2D eigenvalue weighted by atomic mass is 10.1. The average Bonchev–Trinajstić information content (AvgIpc) is 3.35. The van der Waals surface area contributed by atoms with Gasteiger partial charge in [0.05, 0.1) is 0 Å². The molecule has 0 bridgehead atoms. The van der Waals surface area contributed by atoms with Gasteiger partial charge in [0.15, 0.2) is 6.10 Å². The first-order chi connectivity index (χ1) is 34.0. The number of rotatable bonds is 46. The van der Waals surface area contributed by atoms with Crippen LogP contribution in [0.5, 0.6) is 0 Å². The maximum atomic E-state index is 12.8. The maximum absolute atomic E-state index is 12.8. The van der Waals surface area contributed by atoms with E-state index in [1.807, 2.05) is 12.2 Å². The molecule has 0 radical (unpaired) electrons. The molecule has 0 saturated carbocycles. The first-order valence-corrected chi connectivity index (χ1v) is 27.0. The minimum atomic E-state index is -0.855. The monoisotopic (exact) mass is 949 g/mol. The summed E-state index contributed by atoms with van der Waals surface area (Å²) >= 11 is 0. The Balaban J connectivity index is 4.66. The van der Waals surface area contributed by atoms with Gasteiger partial charge in [0.2, 0.25) is 0 Å². The lowest BCUT2D eigenvalue weighted by Gasteiger charge is -2.18. The van der Waals surface area contributed by atoms with Gasteiger partial charge in [-0.15, -0.1) is 0 Å². The molecule has 0 aliphatic carbocycles. The molecular formula is C63H96O6. The van der Waals surface area contributed by atoms with Gasteiger partial charge >= 0.3 is 17.9 Å². The Labute approximate surface area is 422 Å². The molecule has 0 spiro atoms. The molecule has 0 amide bonds. The fourth-order valence-corrected chi connectivity index (χ4v) is 6.53. The maximum Gasteiger partial charge on any atom is 0.306 e. The standard InChI is InChI=1S/C63H96O6/c1-4-7-10-13-16-19-22-25-28-30-31-33-36-39-42-45-48-51-54-57-63(66)69-60(58-67-61(64)55-52-49-46-43-40-37-34-27-24-21-18-15-12-9-6-3)59-68-62(65)56-53-50-47-44-41-38-35-32-29-26-23-20-17-14-11-8-5-2/h7-8,10-11,16-21,25-29,31,33-35,38-39,42,44,47-48,51,60H,4-6,9,12-15,22-24,30,32,36-37,40-41,43,45-46,49-50,52-59H2,1-3H3/b10-7-,11-8-,19-16-,20-17-,21-18-,28-25-,29-26-,33-31-,34-27-,38-35-,42-39-,47-44-,51-48-/t60-/m0/s1. The average molecular weight is 949 g/mol. The van der Waals surface area contributed by atoms with Crippen LogP contribution in [0, 0.1) is 0 Å². The van der Waals surface area contributed by atoms with E-state index in [0.29, 0.717) is 19.3 Å². The van der Waals surface area contributed by atoms with Crippen LogP contribution in [0.2, 0.25) is 0 Å². The second kappa shape index (κ2) is 55.6. The molecule has 384 valence electrons. The molecule has 0 N–H and O–H groups in total. The van der Waals surface area contributed by atoms with Gasteiger partial charge in [-0.3, -0.25) is 14.4 Å². The van der Waals surface area contributed by atoms with Crippen LogP contribution >= 0.6 is 0 Å². The second-order valence-electron chi connectivity index (χ2n) is 17.0. The molecule has 0 aromatic rings. The summed E-state index contributed by atoms with van der Waals surface area (Å²) in [4.78, 5) is 38.0. The SMILES string of the molecule is CC/C=C\C/C=C\C/C=C\C/C=C\C/C=C\C/C=C\CCC(=O)O[C@H](COC(=O)CCC/C=C\C/C=C\C/C=C\C/C=C\C/C=C\CC)COC(=O)CCCCCCC/C=C\C/C=C\CCCCC. The number of carbonyl (C=O) groups is 3. The van der Waals surface area contributed by atoms with Crippen LogP contribution in [0.15, 0.2) is 158 Å². The van der Waals surface area contributed by atoms with E-state index in [9.17, 15) is 14.4 Å². The van der Waals surface area contributed by atoms with Gasteiger partial charge in [0.1, 0.15) is 13.2 Å². The number of hydrogen-bond acceptors (Lipinski definition) is 6. The third-order valence-corrected chi connectivity index (χ3v) is 10.5. The highest BCUT2D eigenvalue weighted by Crippen LogP contribution is 2.11. The molecule has 0 aromatic carbocycles. The summed E-state index contributed by atoms with van der Waals surface area (Å²) in [5.74, 6) is -1.11. The molecule has 0 saturated heterocycles. The summed E-state index contributed by atoms with van der Waals surface area (Å²) in [6.07, 6.45) is 81.0. The minimum absolute atomic E-state index is 0.141. The Morgan fingerprint density at radius 2 is 0.609 bits per heavy atom. The summed E-state index contributed by atoms with van der Waals surface area (Å²) in [5, 5.41) is 0. The Hall–Kier alpha value is -4.97. The van der Waals surface area contributed by atoms with Crippen molar-refractivity contribution in [2.75, 3.05) is 13.2 Å². The molecular weight excluding hydrogens is 853 g/mol. The fraction of sp³-hybridized carbons (Fsp3) is 0.540. The molecule has 0 rings (SSSR count). The zero-order chi connectivity index (χ0) is 50.0. The first kappa shape index (κ1) is 64.0. The molecule has 69 heavy (non-hydrogen) atoms. The third kappa shape index (κ3) is 53.8. The molecule has 0 unspecified atom stereocenters. The minimum Gasteiger partial charge on any atom is -0.462 e. The molecule has 6 heteroatoms. The molecule has 0 fully saturated rings. The van der Waals surface area contributed by atoms with Gasteiger partial charge in [-0.1, -0.05) is 211 Å². The summed E-state index contributed by atoms with van der Waals surface area (Å²) in [7, 11) is 0. The van der Waals surface area contributed by atoms with Crippen LogP contribution in [0.3, 0.4) is 0 Å². The van der Waals surface area contributed by atoms with Gasteiger partial charge in [0, 0.05) is 19.3 Å². The van der Waals surface area contributed by atoms with Crippen molar-refractivity contribution in [2.45, 2.75) is 207 Å². The number of ether oxygens (including phenoxy) is 3. The Morgan fingerprint density at radius 3 is 1.00 bits per heavy atom. The van der Waals surface area contributed by atoms with E-state index < -0.39 is 12.1 Å². The van der Waals surface area contributed by atoms with Gasteiger partial charge in [0.25, 0.3) is 0 Å². The fourth-order valence-electron chi connectivity index (χ4n) is 6.53. The van der Waals surface area contributed by atoms with Crippen LogP contribution in [0.4, 0.5) is 0 Å². The number of esters is 3. The van der Waals surface area contributed by atoms with E-state index >= 15 is 0 Å². The molecule has 6 nitrogen and oxygen atoms in total. The largest absolute Gasteiger partial charge is 0.462 e. The molecule has 0 aliphatic heterocycles. The number of unbranched alkanes of at least 4 members (excludes halogenated alkanes) is 9. The first-order valence-electron chi connectivity index (χ1n) is 27.0. The summed E-state index contributed by atoms with van der Waals surface area (Å²) < 4.78 is 16.7. The van der Waals surface area contributed by atoms with E-state index in [4.69, 9.17) is 14.2 Å². The highest BCUT2D eigenvalue weighted by atomic mass is 16.6. The highest BCUT2D eigenvalue weighted by molar-refractivity contribution is 5.71. The van der Waals surface area contributed by atoms with Crippen LogP contribution < -0.4 is 0 Å². The molecule has 0 heterocycles. The lowest BCUT2D eigenvalue weighted by molar-refractivity contribution is -0.166. The number of carbonyl (C=O) groups excluding carboxylic acids is 3. The van der Waals surface area contributed by atoms with Crippen molar-refractivity contribution in [3.05, 3.63) is 158 Å². The van der Waals surface area contributed by atoms with E-state index in [-0.39, 0.29) is 38.0 Å². The summed E-state index contributed by atoms with van der Waals surface area (Å²) in [5.41, 5.74) is 0. The number of hydrogen-bond donors (Lipinski definition) is 0. The van der Waals surface area contributed by atoms with Crippen LogP contribution in [-0.2, 0) is 28.6 Å². The van der Waals surface area contributed by atoms with Crippen molar-refractivity contribution in [3.63, 3.8) is 0 Å². The lowest BCUT2D eigenvalue weighted by Crippen LogP contribution is -2.30. The van der Waals surface area contributed by atoms with Crippen molar-refractivity contribution < 1.29 is 28.6 Å². The van der Waals surface area contributed by atoms with E-state index in [0.717, 1.165) is 122 Å². The van der Waals surface area contributed by atoms with Crippen molar-refractivity contribution in [1.82, 2.24) is 0 Å². The van der Waals surface area contributed by atoms with E-state index in [1.165, 1.54) is 25.7 Å². The summed E-state index contributed by atoms with van der Waals surface area (Å²) in [6.45, 7) is 6.23.